The Morgan fingerprint density at radius 3 is 2.60 bits per heavy atom. The molecule has 0 rings (SSSR count). The highest BCUT2D eigenvalue weighted by Crippen LogP contribution is 2.01. The van der Waals surface area contributed by atoms with E-state index in [2.05, 4.69) is 0 Å². The van der Waals surface area contributed by atoms with E-state index in [9.17, 15) is 4.79 Å². The van der Waals surface area contributed by atoms with Gasteiger partial charge in [0.25, 0.3) is 0 Å². The van der Waals surface area contributed by atoms with E-state index in [-0.39, 0.29) is 11.7 Å². The van der Waals surface area contributed by atoms with Crippen molar-refractivity contribution < 1.29 is 4.79 Å². The molecule has 0 aliphatic rings. The topological polar surface area (TPSA) is 64.8 Å². The van der Waals surface area contributed by atoms with Crippen molar-refractivity contribution in [2.75, 3.05) is 0 Å². The zero-order valence-corrected chi connectivity index (χ0v) is 6.05. The molecular weight excluding hydrogens is 128 g/mol. The lowest BCUT2D eigenvalue weighted by Crippen LogP contribution is -2.02. The number of Topliss-reactive ketones (excluding diaryl/α,β-unsaturated/α-hetero) is 1. The summed E-state index contributed by atoms with van der Waals surface area (Å²) in [5, 5.41) is 13.4. The first-order chi connectivity index (χ1) is 4.70. The molecule has 0 aromatic carbocycles. The largest absolute Gasteiger partial charge is 0.313 e. The summed E-state index contributed by atoms with van der Waals surface area (Å²) < 4.78 is 0. The maximum Gasteiger partial charge on any atom is 0.173 e. The van der Waals surface area contributed by atoms with Crippen LogP contribution in [-0.2, 0) is 4.79 Å². The smallest absolute Gasteiger partial charge is 0.173 e. The Balaban J connectivity index is 3.43. The number of nitrogens with one attached hydrogen (secondary N) is 2. The summed E-state index contributed by atoms with van der Waals surface area (Å²) in [5.41, 5.74) is 0. The molecule has 0 saturated carbocycles. The number of rotatable bonds is 5. The molecule has 0 amide bonds. The van der Waals surface area contributed by atoms with E-state index in [4.69, 9.17) is 10.8 Å². The van der Waals surface area contributed by atoms with Crippen molar-refractivity contribution in [2.45, 2.75) is 19.8 Å². The van der Waals surface area contributed by atoms with Crippen LogP contribution >= 0.6 is 0 Å². The molecule has 0 saturated heterocycles. The van der Waals surface area contributed by atoms with Crippen molar-refractivity contribution in [3.05, 3.63) is 0 Å². The van der Waals surface area contributed by atoms with Gasteiger partial charge in [-0.2, -0.15) is 0 Å². The second-order valence-electron chi connectivity index (χ2n) is 2.29. The maximum atomic E-state index is 10.5. The van der Waals surface area contributed by atoms with Crippen LogP contribution < -0.4 is 0 Å². The van der Waals surface area contributed by atoms with E-state index in [1.807, 2.05) is 6.92 Å². The number of hydrogen-bond donors (Lipinski definition) is 2. The predicted molar refractivity (Wildman–Crippen MR) is 41.0 cm³/mol. The second kappa shape index (κ2) is 4.85. The minimum absolute atomic E-state index is 0.156. The fraction of sp³-hybridized carbons (Fsp3) is 0.571. The third-order valence-corrected chi connectivity index (χ3v) is 1.29. The van der Waals surface area contributed by atoms with Crippen molar-refractivity contribution >= 4 is 18.2 Å². The molecule has 3 nitrogen and oxygen atoms in total. The molecule has 1 atom stereocenters. The Labute approximate surface area is 60.5 Å². The summed E-state index contributed by atoms with van der Waals surface area (Å²) in [7, 11) is 0. The monoisotopic (exact) mass is 140 g/mol. The fourth-order valence-electron chi connectivity index (χ4n) is 0.525. The lowest BCUT2D eigenvalue weighted by molar-refractivity contribution is -0.112. The Kier molecular flexibility index (Phi) is 4.37. The summed E-state index contributed by atoms with van der Waals surface area (Å²) in [6, 6.07) is 0. The summed E-state index contributed by atoms with van der Waals surface area (Å²) in [4.78, 5) is 10.5. The molecule has 3 heteroatoms. The van der Waals surface area contributed by atoms with Gasteiger partial charge >= 0.3 is 0 Å². The Morgan fingerprint density at radius 1 is 1.60 bits per heavy atom. The molecule has 0 aliphatic heterocycles. The Morgan fingerprint density at radius 2 is 2.20 bits per heavy atom. The van der Waals surface area contributed by atoms with E-state index in [0.717, 1.165) is 6.21 Å². The quantitative estimate of drug-likeness (QED) is 0.555. The molecule has 0 bridgehead atoms. The molecule has 0 heterocycles. The first-order valence-corrected chi connectivity index (χ1v) is 3.24. The predicted octanol–water partition coefficient (Wildman–Crippen LogP) is 1.27. The van der Waals surface area contributed by atoms with Gasteiger partial charge in [-0.15, -0.1) is 0 Å². The van der Waals surface area contributed by atoms with E-state index in [0.29, 0.717) is 12.8 Å². The molecule has 0 fully saturated rings. The van der Waals surface area contributed by atoms with Gasteiger partial charge in [-0.3, -0.25) is 4.79 Å². The standard InChI is InChI=1S/C7H12N2O/c1-6(4-8)2-3-7(10)5-9/h4-6,8-9H,2-3H2,1H3. The molecule has 0 radical (unpaired) electrons. The highest BCUT2D eigenvalue weighted by molar-refractivity contribution is 6.26. The van der Waals surface area contributed by atoms with Gasteiger partial charge < -0.3 is 10.8 Å². The molecule has 10 heavy (non-hydrogen) atoms. The van der Waals surface area contributed by atoms with Crippen molar-refractivity contribution in [1.82, 2.24) is 0 Å². The normalized spacial score (nSPS) is 12.1. The summed E-state index contributed by atoms with van der Waals surface area (Å²) >= 11 is 0. The van der Waals surface area contributed by atoms with Crippen molar-refractivity contribution in [2.24, 2.45) is 5.92 Å². The van der Waals surface area contributed by atoms with Gasteiger partial charge in [0.1, 0.15) is 0 Å². The van der Waals surface area contributed by atoms with Crippen LogP contribution in [0.4, 0.5) is 0 Å². The highest BCUT2D eigenvalue weighted by Gasteiger charge is 2.00. The maximum absolute atomic E-state index is 10.5. The van der Waals surface area contributed by atoms with Crippen LogP contribution in [0.25, 0.3) is 0 Å². The van der Waals surface area contributed by atoms with Gasteiger partial charge in [-0.1, -0.05) is 6.92 Å². The molecule has 0 aromatic heterocycles. The van der Waals surface area contributed by atoms with Gasteiger partial charge in [0.2, 0.25) is 0 Å². The average molecular weight is 140 g/mol. The van der Waals surface area contributed by atoms with Crippen molar-refractivity contribution in [3.63, 3.8) is 0 Å². The zero-order valence-electron chi connectivity index (χ0n) is 6.05. The summed E-state index contributed by atoms with van der Waals surface area (Å²) in [5.74, 6) is -0.00222. The van der Waals surface area contributed by atoms with Crippen LogP contribution in [0.3, 0.4) is 0 Å². The molecule has 0 aliphatic carbocycles. The number of carbonyl (C=O) groups is 1. The van der Waals surface area contributed by atoms with E-state index < -0.39 is 0 Å². The molecule has 2 N–H and O–H groups in total. The van der Waals surface area contributed by atoms with Crippen LogP contribution in [-0.4, -0.2) is 18.2 Å². The first kappa shape index (κ1) is 9.01. The minimum Gasteiger partial charge on any atom is -0.313 e. The van der Waals surface area contributed by atoms with Crippen LogP contribution in [0.1, 0.15) is 19.8 Å². The second-order valence-corrected chi connectivity index (χ2v) is 2.29. The Bertz CT molecular complexity index is 143. The molecule has 0 spiro atoms. The van der Waals surface area contributed by atoms with Crippen LogP contribution in [0.2, 0.25) is 0 Å². The molecule has 56 valence electrons. The van der Waals surface area contributed by atoms with Gasteiger partial charge in [0, 0.05) is 6.42 Å². The van der Waals surface area contributed by atoms with E-state index in [1.54, 1.807) is 0 Å². The number of ketones is 1. The molecule has 0 aromatic rings. The average Bonchev–Trinajstić information content (AvgIpc) is 1.99. The third-order valence-electron chi connectivity index (χ3n) is 1.29. The first-order valence-electron chi connectivity index (χ1n) is 3.24. The third kappa shape index (κ3) is 3.95. The SMILES string of the molecule is CC(C=N)CCC(=O)C=N. The number of carbonyl (C=O) groups excluding carboxylic acids is 1. The summed E-state index contributed by atoms with van der Waals surface area (Å²) in [6.45, 7) is 1.88. The lowest BCUT2D eigenvalue weighted by atomic mass is 10.1. The zero-order chi connectivity index (χ0) is 7.98. The number of hydrogen-bond acceptors (Lipinski definition) is 3. The Hall–Kier alpha value is -0.990. The fourth-order valence-corrected chi connectivity index (χ4v) is 0.525. The molecular formula is C7H12N2O. The highest BCUT2D eigenvalue weighted by atomic mass is 16.1. The van der Waals surface area contributed by atoms with Crippen molar-refractivity contribution in [3.8, 4) is 0 Å². The van der Waals surface area contributed by atoms with E-state index in [1.165, 1.54) is 6.21 Å². The van der Waals surface area contributed by atoms with Gasteiger partial charge in [0.15, 0.2) is 5.78 Å². The van der Waals surface area contributed by atoms with Crippen LogP contribution in [0, 0.1) is 16.7 Å². The molecule has 1 unspecified atom stereocenters. The van der Waals surface area contributed by atoms with Gasteiger partial charge in [0.05, 0.1) is 6.21 Å². The minimum atomic E-state index is -0.159. The van der Waals surface area contributed by atoms with Crippen LogP contribution in [0.15, 0.2) is 0 Å². The van der Waals surface area contributed by atoms with Crippen LogP contribution in [0.5, 0.6) is 0 Å². The van der Waals surface area contributed by atoms with Gasteiger partial charge in [-0.05, 0) is 18.6 Å². The van der Waals surface area contributed by atoms with E-state index >= 15 is 0 Å². The van der Waals surface area contributed by atoms with Gasteiger partial charge in [-0.25, -0.2) is 0 Å². The lowest BCUT2D eigenvalue weighted by Gasteiger charge is -1.99. The summed E-state index contributed by atoms with van der Waals surface area (Å²) in [6.07, 6.45) is 3.21. The van der Waals surface area contributed by atoms with Crippen molar-refractivity contribution in [1.29, 1.82) is 10.8 Å².